The van der Waals surface area contributed by atoms with Crippen LogP contribution in [0.15, 0.2) is 48.5 Å². The molecule has 2 aromatic carbocycles. The summed E-state index contributed by atoms with van der Waals surface area (Å²) in [4.78, 5) is 36.4. The van der Waals surface area contributed by atoms with Gasteiger partial charge in [0, 0.05) is 17.8 Å². The van der Waals surface area contributed by atoms with Gasteiger partial charge in [-0.2, -0.15) is 0 Å². The summed E-state index contributed by atoms with van der Waals surface area (Å²) in [5.41, 5.74) is 9.89. The number of nitrogens with zero attached hydrogens (tertiary/aromatic N) is 1. The van der Waals surface area contributed by atoms with Gasteiger partial charge in [0.05, 0.1) is 12.6 Å². The maximum absolute atomic E-state index is 12.2. The molecule has 1 atom stereocenters. The van der Waals surface area contributed by atoms with E-state index in [2.05, 4.69) is 11.4 Å². The molecule has 3 N–H and O–H groups in total. The van der Waals surface area contributed by atoms with Gasteiger partial charge in [-0.05, 0) is 55.9 Å². The minimum Gasteiger partial charge on any atom is -0.465 e. The molecule has 0 radical (unpaired) electrons. The van der Waals surface area contributed by atoms with E-state index in [9.17, 15) is 14.4 Å². The van der Waals surface area contributed by atoms with Crippen LogP contribution < -0.4 is 16.0 Å². The summed E-state index contributed by atoms with van der Waals surface area (Å²) in [6, 6.07) is 15.0. The minimum absolute atomic E-state index is 0.0859. The smallest absolute Gasteiger partial charge is 0.326 e. The van der Waals surface area contributed by atoms with Crippen LogP contribution in [0.2, 0.25) is 0 Å². The van der Waals surface area contributed by atoms with Crippen molar-refractivity contribution in [3.05, 3.63) is 59.7 Å². The van der Waals surface area contributed by atoms with E-state index in [1.165, 1.54) is 10.5 Å². The zero-order valence-electron chi connectivity index (χ0n) is 17.8. The molecule has 0 saturated carbocycles. The average molecular weight is 424 g/mol. The standard InChI is InChI=1S/C14H18N2O3.C10H11NO/c1-2-19-13(17)9-16-12-6-4-3-5-10(12)7-8-11(15)14(16)18;12-10-7-3-5-8-4-1-2-6-9(8)11-10/h3-6,11H,2,7-9,15H2,1H3;1-2,4,6H,3,5,7H2,(H,11,12)/t11-;/m0./s1. The molecule has 2 aliphatic heterocycles. The quantitative estimate of drug-likeness (QED) is 0.739. The summed E-state index contributed by atoms with van der Waals surface area (Å²) in [6.45, 7) is 1.95. The first-order valence-corrected chi connectivity index (χ1v) is 10.7. The van der Waals surface area contributed by atoms with Gasteiger partial charge in [-0.3, -0.25) is 19.3 Å². The van der Waals surface area contributed by atoms with Crippen LogP contribution in [0.1, 0.15) is 37.3 Å². The van der Waals surface area contributed by atoms with Gasteiger partial charge < -0.3 is 15.8 Å². The zero-order valence-corrected chi connectivity index (χ0v) is 17.8. The van der Waals surface area contributed by atoms with Crippen LogP contribution >= 0.6 is 0 Å². The van der Waals surface area contributed by atoms with Gasteiger partial charge in [0.25, 0.3) is 0 Å². The summed E-state index contributed by atoms with van der Waals surface area (Å²) in [7, 11) is 0. The van der Waals surface area contributed by atoms with Crippen molar-refractivity contribution in [1.29, 1.82) is 0 Å². The van der Waals surface area contributed by atoms with Crippen molar-refractivity contribution in [3.8, 4) is 0 Å². The summed E-state index contributed by atoms with van der Waals surface area (Å²) >= 11 is 0. The summed E-state index contributed by atoms with van der Waals surface area (Å²) in [5, 5.41) is 2.88. The Morgan fingerprint density at radius 2 is 1.77 bits per heavy atom. The number of esters is 1. The predicted molar refractivity (Wildman–Crippen MR) is 120 cm³/mol. The number of carbonyl (C=O) groups is 3. The number of rotatable bonds is 3. The Balaban J connectivity index is 0.000000194. The van der Waals surface area contributed by atoms with E-state index in [-0.39, 0.29) is 18.4 Å². The van der Waals surface area contributed by atoms with E-state index in [0.717, 1.165) is 36.2 Å². The number of para-hydroxylation sites is 2. The van der Waals surface area contributed by atoms with Gasteiger partial charge in [-0.15, -0.1) is 0 Å². The largest absolute Gasteiger partial charge is 0.465 e. The van der Waals surface area contributed by atoms with Crippen LogP contribution in [-0.2, 0) is 32.0 Å². The van der Waals surface area contributed by atoms with Crippen LogP contribution in [0, 0.1) is 0 Å². The fourth-order valence-corrected chi connectivity index (χ4v) is 3.75. The normalized spacial score (nSPS) is 17.7. The third-order valence-electron chi connectivity index (χ3n) is 5.32. The number of fused-ring (bicyclic) bond motifs is 2. The Bertz CT molecular complexity index is 944. The molecule has 0 bridgehead atoms. The number of nitrogens with two attached hydrogens (primary N) is 1. The monoisotopic (exact) mass is 423 g/mol. The molecule has 0 unspecified atom stereocenters. The maximum atomic E-state index is 12.2. The van der Waals surface area contributed by atoms with E-state index < -0.39 is 12.0 Å². The number of hydrogen-bond donors (Lipinski definition) is 2. The highest BCUT2D eigenvalue weighted by Crippen LogP contribution is 2.26. The number of amides is 2. The van der Waals surface area contributed by atoms with Crippen molar-refractivity contribution >= 4 is 29.2 Å². The zero-order chi connectivity index (χ0) is 22.2. The number of aryl methyl sites for hydroxylation is 2. The molecule has 2 aliphatic rings. The summed E-state index contributed by atoms with van der Waals surface area (Å²) in [5.74, 6) is -0.502. The second-order valence-corrected chi connectivity index (χ2v) is 7.56. The molecule has 7 nitrogen and oxygen atoms in total. The number of hydrogen-bond acceptors (Lipinski definition) is 5. The number of anilines is 2. The third-order valence-corrected chi connectivity index (χ3v) is 5.32. The molecule has 0 aromatic heterocycles. The van der Waals surface area contributed by atoms with Gasteiger partial charge >= 0.3 is 5.97 Å². The molecule has 2 amide bonds. The number of nitrogens with one attached hydrogen (secondary N) is 1. The second-order valence-electron chi connectivity index (χ2n) is 7.56. The lowest BCUT2D eigenvalue weighted by molar-refractivity contribution is -0.142. The molecular formula is C24H29N3O4. The van der Waals surface area contributed by atoms with E-state index in [1.54, 1.807) is 6.92 Å². The molecule has 0 saturated heterocycles. The van der Waals surface area contributed by atoms with Crippen molar-refractivity contribution in [2.75, 3.05) is 23.4 Å². The molecule has 2 heterocycles. The first kappa shape index (κ1) is 22.5. The Kier molecular flexibility index (Phi) is 7.78. The molecule has 4 rings (SSSR count). The third kappa shape index (κ3) is 5.92. The van der Waals surface area contributed by atoms with E-state index in [4.69, 9.17) is 10.5 Å². The lowest BCUT2D eigenvalue weighted by Crippen LogP contribution is -2.45. The number of carbonyl (C=O) groups excluding carboxylic acids is 3. The first-order chi connectivity index (χ1) is 15.0. The Morgan fingerprint density at radius 3 is 2.55 bits per heavy atom. The summed E-state index contributed by atoms with van der Waals surface area (Å²) < 4.78 is 4.91. The molecule has 31 heavy (non-hydrogen) atoms. The van der Waals surface area contributed by atoms with Crippen molar-refractivity contribution in [2.45, 2.75) is 45.1 Å². The van der Waals surface area contributed by atoms with E-state index >= 15 is 0 Å². The summed E-state index contributed by atoms with van der Waals surface area (Å²) in [6.07, 6.45) is 3.95. The molecule has 7 heteroatoms. The van der Waals surface area contributed by atoms with Crippen LogP contribution in [0.3, 0.4) is 0 Å². The number of ether oxygens (including phenoxy) is 1. The van der Waals surface area contributed by atoms with Crippen LogP contribution in [0.5, 0.6) is 0 Å². The highest BCUT2D eigenvalue weighted by Gasteiger charge is 2.29. The van der Waals surface area contributed by atoms with Gasteiger partial charge in [-0.1, -0.05) is 36.4 Å². The van der Waals surface area contributed by atoms with Gasteiger partial charge in [-0.25, -0.2) is 0 Å². The topological polar surface area (TPSA) is 102 Å². The predicted octanol–water partition coefficient (Wildman–Crippen LogP) is 2.82. The highest BCUT2D eigenvalue weighted by molar-refractivity contribution is 6.01. The fraction of sp³-hybridized carbons (Fsp3) is 0.375. The Morgan fingerprint density at radius 1 is 1.06 bits per heavy atom. The van der Waals surface area contributed by atoms with Crippen molar-refractivity contribution in [1.82, 2.24) is 0 Å². The molecule has 0 spiro atoms. The Labute approximate surface area is 182 Å². The molecule has 0 aliphatic carbocycles. The first-order valence-electron chi connectivity index (χ1n) is 10.7. The van der Waals surface area contributed by atoms with E-state index in [1.807, 2.05) is 42.5 Å². The van der Waals surface area contributed by atoms with Crippen molar-refractivity contribution < 1.29 is 19.1 Å². The highest BCUT2D eigenvalue weighted by atomic mass is 16.5. The average Bonchev–Trinajstić information content (AvgIpc) is 3.02. The minimum atomic E-state index is -0.568. The lowest BCUT2D eigenvalue weighted by Gasteiger charge is -2.23. The molecular weight excluding hydrogens is 394 g/mol. The van der Waals surface area contributed by atoms with Gasteiger partial charge in [0.2, 0.25) is 11.8 Å². The van der Waals surface area contributed by atoms with E-state index in [0.29, 0.717) is 19.4 Å². The van der Waals surface area contributed by atoms with Crippen molar-refractivity contribution in [2.24, 2.45) is 5.73 Å². The lowest BCUT2D eigenvalue weighted by atomic mass is 10.1. The van der Waals surface area contributed by atoms with Gasteiger partial charge in [0.1, 0.15) is 6.54 Å². The molecule has 2 aromatic rings. The SMILES string of the molecule is CCOC(=O)CN1C(=O)[C@@H](N)CCc2ccccc21.O=C1CCCc2ccccc2N1. The van der Waals surface area contributed by atoms with Crippen LogP contribution in [0.4, 0.5) is 11.4 Å². The second kappa shape index (κ2) is 10.7. The fourth-order valence-electron chi connectivity index (χ4n) is 3.75. The molecule has 0 fully saturated rings. The Hall–Kier alpha value is -3.19. The number of benzene rings is 2. The maximum Gasteiger partial charge on any atom is 0.326 e. The van der Waals surface area contributed by atoms with Crippen LogP contribution in [0.25, 0.3) is 0 Å². The van der Waals surface area contributed by atoms with Crippen molar-refractivity contribution in [3.63, 3.8) is 0 Å². The van der Waals surface area contributed by atoms with Gasteiger partial charge in [0.15, 0.2) is 0 Å². The van der Waals surface area contributed by atoms with Crippen LogP contribution in [-0.4, -0.2) is 37.0 Å². The molecule has 164 valence electrons.